The maximum absolute atomic E-state index is 12.0. The van der Waals surface area contributed by atoms with Crippen molar-refractivity contribution >= 4 is 17.7 Å². The first kappa shape index (κ1) is 20.7. The number of carbonyl (C=O) groups excluding carboxylic acids is 1. The van der Waals surface area contributed by atoms with Crippen LogP contribution in [0.5, 0.6) is 5.75 Å². The summed E-state index contributed by atoms with van der Waals surface area (Å²) in [6, 6.07) is 18.5. The summed E-state index contributed by atoms with van der Waals surface area (Å²) in [7, 11) is 0. The van der Waals surface area contributed by atoms with Gasteiger partial charge in [-0.2, -0.15) is 0 Å². The Hall–Kier alpha value is -1.98. The fraction of sp³-hybridized carbons (Fsp3) is 0.435. The number of hydrogen-bond acceptors (Lipinski definition) is 5. The van der Waals surface area contributed by atoms with Crippen molar-refractivity contribution in [3.8, 4) is 16.9 Å². The highest BCUT2D eigenvalue weighted by atomic mass is 32.2. The topological polar surface area (TPSA) is 44.8 Å². The van der Waals surface area contributed by atoms with E-state index in [-0.39, 0.29) is 18.0 Å². The molecule has 0 spiro atoms. The molecule has 1 fully saturated rings. The maximum atomic E-state index is 12.0. The van der Waals surface area contributed by atoms with E-state index >= 15 is 0 Å². The number of hydrogen-bond donors (Lipinski definition) is 0. The molecule has 2 aromatic carbocycles. The summed E-state index contributed by atoms with van der Waals surface area (Å²) in [4.78, 5) is 12.0. The van der Waals surface area contributed by atoms with E-state index in [1.807, 2.05) is 37.3 Å². The first-order valence-corrected chi connectivity index (χ1v) is 11.0. The summed E-state index contributed by atoms with van der Waals surface area (Å²) < 4.78 is 16.6. The highest BCUT2D eigenvalue weighted by Gasteiger charge is 2.26. The molecule has 5 heteroatoms. The average molecular weight is 401 g/mol. The second-order valence-corrected chi connectivity index (χ2v) is 8.04. The van der Waals surface area contributed by atoms with Crippen LogP contribution >= 0.6 is 11.8 Å². The molecule has 0 amide bonds. The molecule has 1 aliphatic heterocycles. The lowest BCUT2D eigenvalue weighted by molar-refractivity contribution is -0.151. The van der Waals surface area contributed by atoms with Gasteiger partial charge < -0.3 is 14.2 Å². The zero-order chi connectivity index (χ0) is 19.6. The van der Waals surface area contributed by atoms with Gasteiger partial charge in [0.25, 0.3) is 0 Å². The molecular weight excluding hydrogens is 372 g/mol. The third kappa shape index (κ3) is 6.57. The number of rotatable bonds is 9. The van der Waals surface area contributed by atoms with Gasteiger partial charge in [-0.25, -0.2) is 0 Å². The highest BCUT2D eigenvalue weighted by molar-refractivity contribution is 7.99. The lowest BCUT2D eigenvalue weighted by Crippen LogP contribution is -2.29. The molecule has 0 radical (unpaired) electrons. The van der Waals surface area contributed by atoms with E-state index in [0.29, 0.717) is 19.2 Å². The van der Waals surface area contributed by atoms with Crippen molar-refractivity contribution < 1.29 is 19.0 Å². The third-order valence-corrected chi connectivity index (χ3v) is 5.63. The molecule has 0 aromatic heterocycles. The van der Waals surface area contributed by atoms with Crippen LogP contribution in [0.25, 0.3) is 11.1 Å². The lowest BCUT2D eigenvalue weighted by atomic mass is 9.97. The van der Waals surface area contributed by atoms with Gasteiger partial charge in [0.15, 0.2) is 0 Å². The fourth-order valence-corrected chi connectivity index (χ4v) is 3.85. The first-order chi connectivity index (χ1) is 13.7. The second kappa shape index (κ2) is 11.1. The molecule has 1 aliphatic rings. The quantitative estimate of drug-likeness (QED) is 0.330. The number of esters is 1. The summed E-state index contributed by atoms with van der Waals surface area (Å²) in [6.07, 6.45) is 2.60. The van der Waals surface area contributed by atoms with Crippen molar-refractivity contribution in [2.75, 3.05) is 24.9 Å². The smallest absolute Gasteiger partial charge is 0.309 e. The van der Waals surface area contributed by atoms with E-state index in [1.165, 1.54) is 11.1 Å². The predicted octanol–water partition coefficient (Wildman–Crippen LogP) is 5.17. The van der Waals surface area contributed by atoms with Crippen LogP contribution in [0.2, 0.25) is 0 Å². The number of thioether (sulfide) groups is 1. The number of benzene rings is 2. The molecule has 1 heterocycles. The minimum atomic E-state index is -0.0857. The number of carbonyl (C=O) groups is 1. The van der Waals surface area contributed by atoms with Crippen LogP contribution in [-0.2, 0) is 14.3 Å². The molecule has 2 aromatic rings. The van der Waals surface area contributed by atoms with Crippen molar-refractivity contribution in [2.45, 2.75) is 32.3 Å². The Morgan fingerprint density at radius 1 is 1.11 bits per heavy atom. The molecule has 3 rings (SSSR count). The summed E-state index contributed by atoms with van der Waals surface area (Å²) in [6.45, 7) is 3.31. The largest absolute Gasteiger partial charge is 0.494 e. The van der Waals surface area contributed by atoms with Gasteiger partial charge in [-0.1, -0.05) is 42.5 Å². The summed E-state index contributed by atoms with van der Waals surface area (Å²) in [5.41, 5.74) is 2.39. The SMILES string of the molecule is CC1CC(C(=O)OCSCCCOc2ccc(-c3ccccc3)cc2)CCO1. The monoisotopic (exact) mass is 400 g/mol. The van der Waals surface area contributed by atoms with E-state index in [2.05, 4.69) is 24.3 Å². The molecule has 28 heavy (non-hydrogen) atoms. The highest BCUT2D eigenvalue weighted by Crippen LogP contribution is 2.23. The summed E-state index contributed by atoms with van der Waals surface area (Å²) in [5.74, 6) is 2.10. The Bertz CT molecular complexity index is 717. The second-order valence-electron chi connectivity index (χ2n) is 6.98. The summed E-state index contributed by atoms with van der Waals surface area (Å²) in [5, 5.41) is 0. The first-order valence-electron chi connectivity index (χ1n) is 9.86. The minimum Gasteiger partial charge on any atom is -0.494 e. The average Bonchev–Trinajstić information content (AvgIpc) is 2.74. The van der Waals surface area contributed by atoms with Crippen LogP contribution in [0.3, 0.4) is 0 Å². The van der Waals surface area contributed by atoms with Crippen LogP contribution in [-0.4, -0.2) is 37.0 Å². The standard InChI is InChI=1S/C23H28O4S/c1-18-16-21(12-14-25-18)23(24)27-17-28-15-5-13-26-22-10-8-20(9-11-22)19-6-3-2-4-7-19/h2-4,6-11,18,21H,5,12-17H2,1H3. The normalized spacial score (nSPS) is 19.2. The molecule has 0 bridgehead atoms. The van der Waals surface area contributed by atoms with Gasteiger partial charge >= 0.3 is 5.97 Å². The lowest BCUT2D eigenvalue weighted by Gasteiger charge is -2.25. The zero-order valence-electron chi connectivity index (χ0n) is 16.3. The fourth-order valence-electron chi connectivity index (χ4n) is 3.21. The van der Waals surface area contributed by atoms with Gasteiger partial charge in [0.1, 0.15) is 11.7 Å². The van der Waals surface area contributed by atoms with Gasteiger partial charge in [-0.15, -0.1) is 11.8 Å². The van der Waals surface area contributed by atoms with Crippen LogP contribution in [0.4, 0.5) is 0 Å². The predicted molar refractivity (Wildman–Crippen MR) is 114 cm³/mol. The van der Waals surface area contributed by atoms with Gasteiger partial charge in [0, 0.05) is 6.61 Å². The van der Waals surface area contributed by atoms with Crippen molar-refractivity contribution in [2.24, 2.45) is 5.92 Å². The number of ether oxygens (including phenoxy) is 3. The molecule has 0 saturated carbocycles. The molecule has 0 aliphatic carbocycles. The van der Waals surface area contributed by atoms with E-state index in [4.69, 9.17) is 14.2 Å². The molecule has 150 valence electrons. The molecule has 4 nitrogen and oxygen atoms in total. The third-order valence-electron chi connectivity index (χ3n) is 4.77. The van der Waals surface area contributed by atoms with E-state index in [1.54, 1.807) is 11.8 Å². The Morgan fingerprint density at radius 2 is 1.86 bits per heavy atom. The molecule has 2 unspecified atom stereocenters. The summed E-state index contributed by atoms with van der Waals surface area (Å²) >= 11 is 1.63. The molecule has 2 atom stereocenters. The van der Waals surface area contributed by atoms with Crippen molar-refractivity contribution in [3.63, 3.8) is 0 Å². The van der Waals surface area contributed by atoms with E-state index in [9.17, 15) is 4.79 Å². The van der Waals surface area contributed by atoms with E-state index in [0.717, 1.165) is 30.8 Å². The maximum Gasteiger partial charge on any atom is 0.309 e. The molecular formula is C23H28O4S. The zero-order valence-corrected chi connectivity index (χ0v) is 17.2. The van der Waals surface area contributed by atoms with Gasteiger partial charge in [-0.05, 0) is 55.2 Å². The van der Waals surface area contributed by atoms with Crippen LogP contribution in [0, 0.1) is 5.92 Å². The Kier molecular flexibility index (Phi) is 8.24. The van der Waals surface area contributed by atoms with Gasteiger partial charge in [-0.3, -0.25) is 4.79 Å². The molecule has 1 saturated heterocycles. The van der Waals surface area contributed by atoms with Crippen molar-refractivity contribution in [1.29, 1.82) is 0 Å². The van der Waals surface area contributed by atoms with Crippen LogP contribution in [0.1, 0.15) is 26.2 Å². The van der Waals surface area contributed by atoms with Gasteiger partial charge in [0.2, 0.25) is 0 Å². The van der Waals surface area contributed by atoms with Gasteiger partial charge in [0.05, 0.1) is 18.6 Å². The van der Waals surface area contributed by atoms with Crippen molar-refractivity contribution in [1.82, 2.24) is 0 Å². The molecule has 0 N–H and O–H groups in total. The van der Waals surface area contributed by atoms with Crippen LogP contribution in [0.15, 0.2) is 54.6 Å². The van der Waals surface area contributed by atoms with E-state index < -0.39 is 0 Å². The minimum absolute atomic E-state index is 0.00783. The Labute approximate surface area is 171 Å². The van der Waals surface area contributed by atoms with Crippen molar-refractivity contribution in [3.05, 3.63) is 54.6 Å². The Morgan fingerprint density at radius 3 is 2.61 bits per heavy atom. The van der Waals surface area contributed by atoms with Crippen LogP contribution < -0.4 is 4.74 Å². The Balaban J connectivity index is 1.26.